The standard InChI is InChI=1S/C15H18Br2ClN3/c1-3-5-21-15(13(17)9-20-21)14(19-4-2)10-6-11(16)8-12(18)7-10/h6-9,14,19H,3-5H2,1-2H3. The molecule has 0 aliphatic rings. The molecule has 114 valence electrons. The lowest BCUT2D eigenvalue weighted by molar-refractivity contribution is 0.519. The largest absolute Gasteiger partial charge is 0.305 e. The molecule has 0 bridgehead atoms. The van der Waals surface area contributed by atoms with Crippen molar-refractivity contribution < 1.29 is 0 Å². The van der Waals surface area contributed by atoms with E-state index in [1.54, 1.807) is 0 Å². The lowest BCUT2D eigenvalue weighted by atomic mass is 10.0. The van der Waals surface area contributed by atoms with Gasteiger partial charge in [0.25, 0.3) is 0 Å². The van der Waals surface area contributed by atoms with E-state index in [1.165, 1.54) is 0 Å². The maximum absolute atomic E-state index is 6.20. The van der Waals surface area contributed by atoms with Crippen molar-refractivity contribution in [1.29, 1.82) is 0 Å². The molecule has 21 heavy (non-hydrogen) atoms. The summed E-state index contributed by atoms with van der Waals surface area (Å²) < 4.78 is 4.04. The van der Waals surface area contributed by atoms with E-state index in [0.29, 0.717) is 0 Å². The summed E-state index contributed by atoms with van der Waals surface area (Å²) in [6.45, 7) is 6.00. The quantitative estimate of drug-likeness (QED) is 0.678. The molecule has 0 amide bonds. The molecular weight excluding hydrogens is 417 g/mol. The number of nitrogens with zero attached hydrogens (tertiary/aromatic N) is 2. The zero-order valence-corrected chi connectivity index (χ0v) is 16.0. The van der Waals surface area contributed by atoms with Gasteiger partial charge in [0.05, 0.1) is 22.4 Å². The van der Waals surface area contributed by atoms with Gasteiger partial charge in [-0.1, -0.05) is 41.4 Å². The number of halogens is 3. The van der Waals surface area contributed by atoms with Crippen LogP contribution in [0, 0.1) is 0 Å². The fraction of sp³-hybridized carbons (Fsp3) is 0.400. The van der Waals surface area contributed by atoms with Crippen molar-refractivity contribution in [1.82, 2.24) is 15.1 Å². The number of aryl methyl sites for hydroxylation is 1. The summed E-state index contributed by atoms with van der Waals surface area (Å²) >= 11 is 13.3. The molecule has 0 fully saturated rings. The summed E-state index contributed by atoms with van der Waals surface area (Å²) in [5, 5.41) is 8.71. The van der Waals surface area contributed by atoms with Crippen LogP contribution in [0.5, 0.6) is 0 Å². The van der Waals surface area contributed by atoms with Crippen molar-refractivity contribution in [3.63, 3.8) is 0 Å². The van der Waals surface area contributed by atoms with E-state index in [1.807, 2.05) is 23.0 Å². The van der Waals surface area contributed by atoms with E-state index in [-0.39, 0.29) is 6.04 Å². The van der Waals surface area contributed by atoms with Gasteiger partial charge in [-0.05, 0) is 52.7 Å². The Morgan fingerprint density at radius 2 is 2.05 bits per heavy atom. The zero-order valence-electron chi connectivity index (χ0n) is 12.0. The number of aromatic nitrogens is 2. The lowest BCUT2D eigenvalue weighted by Crippen LogP contribution is -2.25. The molecule has 1 heterocycles. The molecule has 0 aliphatic carbocycles. The Hall–Kier alpha value is -0.360. The Morgan fingerprint density at radius 1 is 1.29 bits per heavy atom. The summed E-state index contributed by atoms with van der Waals surface area (Å²) in [6.07, 6.45) is 2.90. The molecule has 3 nitrogen and oxygen atoms in total. The fourth-order valence-corrected chi connectivity index (χ4v) is 3.78. The van der Waals surface area contributed by atoms with Gasteiger partial charge in [0, 0.05) is 16.0 Å². The Kier molecular flexibility index (Phi) is 6.29. The molecular formula is C15H18Br2ClN3. The summed E-state index contributed by atoms with van der Waals surface area (Å²) in [5.74, 6) is 0. The highest BCUT2D eigenvalue weighted by Gasteiger charge is 2.21. The third-order valence-corrected chi connectivity index (χ3v) is 4.46. The van der Waals surface area contributed by atoms with Crippen LogP contribution in [0.1, 0.15) is 37.6 Å². The minimum Gasteiger partial charge on any atom is -0.305 e. The van der Waals surface area contributed by atoms with E-state index < -0.39 is 0 Å². The van der Waals surface area contributed by atoms with Gasteiger partial charge in [-0.3, -0.25) is 4.68 Å². The topological polar surface area (TPSA) is 29.9 Å². The van der Waals surface area contributed by atoms with Crippen molar-refractivity contribution in [2.45, 2.75) is 32.9 Å². The summed E-state index contributed by atoms with van der Waals surface area (Å²) in [4.78, 5) is 0. The van der Waals surface area contributed by atoms with Crippen LogP contribution < -0.4 is 5.32 Å². The first-order valence-corrected chi connectivity index (χ1v) is 8.93. The Morgan fingerprint density at radius 3 is 2.67 bits per heavy atom. The number of hydrogen-bond donors (Lipinski definition) is 1. The smallest absolute Gasteiger partial charge is 0.0760 e. The number of hydrogen-bond acceptors (Lipinski definition) is 2. The van der Waals surface area contributed by atoms with Crippen LogP contribution in [0.4, 0.5) is 0 Å². The van der Waals surface area contributed by atoms with Gasteiger partial charge in [0.2, 0.25) is 0 Å². The van der Waals surface area contributed by atoms with Crippen LogP contribution in [-0.2, 0) is 6.54 Å². The summed E-state index contributed by atoms with van der Waals surface area (Å²) in [6, 6.07) is 6.03. The SMILES string of the molecule is CCCn1ncc(Br)c1C(NCC)c1cc(Cl)cc(Br)c1. The molecule has 1 aromatic heterocycles. The highest BCUT2D eigenvalue weighted by atomic mass is 79.9. The molecule has 2 aromatic rings. The van der Waals surface area contributed by atoms with Crippen molar-refractivity contribution >= 4 is 43.5 Å². The second-order valence-corrected chi connectivity index (χ2v) is 7.00. The molecule has 0 saturated heterocycles. The second-order valence-electron chi connectivity index (χ2n) is 4.79. The van der Waals surface area contributed by atoms with Crippen molar-refractivity contribution in [3.8, 4) is 0 Å². The molecule has 0 radical (unpaired) electrons. The molecule has 6 heteroatoms. The lowest BCUT2D eigenvalue weighted by Gasteiger charge is -2.21. The first-order chi connectivity index (χ1) is 10.1. The highest BCUT2D eigenvalue weighted by molar-refractivity contribution is 9.10. The van der Waals surface area contributed by atoms with Crippen LogP contribution in [0.2, 0.25) is 5.02 Å². The van der Waals surface area contributed by atoms with E-state index in [0.717, 1.165) is 44.7 Å². The molecule has 1 atom stereocenters. The number of rotatable bonds is 6. The minimum atomic E-state index is 0.0495. The Labute approximate surface area is 147 Å². The van der Waals surface area contributed by atoms with Crippen LogP contribution in [0.3, 0.4) is 0 Å². The van der Waals surface area contributed by atoms with Gasteiger partial charge < -0.3 is 5.32 Å². The summed E-state index contributed by atoms with van der Waals surface area (Å²) in [5.41, 5.74) is 2.25. The zero-order chi connectivity index (χ0) is 15.4. The first kappa shape index (κ1) is 17.0. The fourth-order valence-electron chi connectivity index (χ4n) is 2.37. The van der Waals surface area contributed by atoms with E-state index in [4.69, 9.17) is 11.6 Å². The highest BCUT2D eigenvalue weighted by Crippen LogP contribution is 2.32. The third-order valence-electron chi connectivity index (χ3n) is 3.17. The Bertz CT molecular complexity index is 593. The number of benzene rings is 1. The molecule has 1 N–H and O–H groups in total. The predicted octanol–water partition coefficient (Wildman–Crippen LogP) is 5.17. The van der Waals surface area contributed by atoms with E-state index >= 15 is 0 Å². The molecule has 0 spiro atoms. The third kappa shape index (κ3) is 4.09. The Balaban J connectivity index is 2.50. The first-order valence-electron chi connectivity index (χ1n) is 6.97. The maximum Gasteiger partial charge on any atom is 0.0760 e. The van der Waals surface area contributed by atoms with Gasteiger partial charge in [0.15, 0.2) is 0 Å². The van der Waals surface area contributed by atoms with E-state index in [9.17, 15) is 0 Å². The second kappa shape index (κ2) is 7.77. The van der Waals surface area contributed by atoms with Crippen LogP contribution in [-0.4, -0.2) is 16.3 Å². The molecule has 2 rings (SSSR count). The van der Waals surface area contributed by atoms with Gasteiger partial charge >= 0.3 is 0 Å². The maximum atomic E-state index is 6.20. The molecule has 0 saturated carbocycles. The van der Waals surface area contributed by atoms with Crippen molar-refractivity contribution in [3.05, 3.63) is 49.6 Å². The summed E-state index contributed by atoms with van der Waals surface area (Å²) in [7, 11) is 0. The molecule has 0 aliphatic heterocycles. The van der Waals surface area contributed by atoms with Crippen LogP contribution in [0.15, 0.2) is 33.3 Å². The molecule has 1 aromatic carbocycles. The van der Waals surface area contributed by atoms with Gasteiger partial charge in [-0.2, -0.15) is 5.10 Å². The monoisotopic (exact) mass is 433 g/mol. The normalized spacial score (nSPS) is 12.6. The van der Waals surface area contributed by atoms with E-state index in [2.05, 4.69) is 62.2 Å². The number of nitrogens with one attached hydrogen (secondary N) is 1. The van der Waals surface area contributed by atoms with Crippen LogP contribution >= 0.6 is 43.5 Å². The van der Waals surface area contributed by atoms with Crippen molar-refractivity contribution in [2.24, 2.45) is 0 Å². The van der Waals surface area contributed by atoms with Gasteiger partial charge in [0.1, 0.15) is 0 Å². The van der Waals surface area contributed by atoms with Gasteiger partial charge in [-0.25, -0.2) is 0 Å². The minimum absolute atomic E-state index is 0.0495. The van der Waals surface area contributed by atoms with Crippen molar-refractivity contribution in [2.75, 3.05) is 6.54 Å². The average molecular weight is 436 g/mol. The van der Waals surface area contributed by atoms with Gasteiger partial charge in [-0.15, -0.1) is 0 Å². The average Bonchev–Trinajstić information content (AvgIpc) is 2.77. The predicted molar refractivity (Wildman–Crippen MR) is 94.9 cm³/mol. The molecule has 1 unspecified atom stereocenters. The van der Waals surface area contributed by atoms with Crippen LogP contribution in [0.25, 0.3) is 0 Å².